The predicted molar refractivity (Wildman–Crippen MR) is 51.1 cm³/mol. The summed E-state index contributed by atoms with van der Waals surface area (Å²) in [5, 5.41) is 8.98. The van der Waals surface area contributed by atoms with Crippen molar-refractivity contribution in [2.24, 2.45) is 5.73 Å². The molecule has 0 unspecified atom stereocenters. The van der Waals surface area contributed by atoms with E-state index in [1.54, 1.807) is 0 Å². The molecule has 1 heterocycles. The largest absolute Gasteiger partial charge is 0.347 e. The van der Waals surface area contributed by atoms with Crippen LogP contribution < -0.4 is 11.1 Å². The van der Waals surface area contributed by atoms with Gasteiger partial charge in [0.2, 0.25) is 5.91 Å². The third kappa shape index (κ3) is 3.14. The number of carbonyl (C=O) groups is 1. The van der Waals surface area contributed by atoms with Gasteiger partial charge in [-0.25, -0.2) is 4.98 Å². The fourth-order valence-corrected chi connectivity index (χ4v) is 1.06. The minimum atomic E-state index is -0.428. The molecule has 1 aromatic heterocycles. The normalized spacial score (nSPS) is 12.4. The van der Waals surface area contributed by atoms with Crippen LogP contribution in [0.5, 0.6) is 0 Å². The maximum absolute atomic E-state index is 11.3. The van der Waals surface area contributed by atoms with Crippen molar-refractivity contribution in [3.8, 4) is 0 Å². The molecule has 0 spiro atoms. The second kappa shape index (κ2) is 5.33. The van der Waals surface area contributed by atoms with E-state index in [0.717, 1.165) is 6.42 Å². The van der Waals surface area contributed by atoms with Crippen LogP contribution in [0.15, 0.2) is 6.33 Å². The molecule has 1 amide bonds. The van der Waals surface area contributed by atoms with Gasteiger partial charge in [0.25, 0.3) is 0 Å². The second-order valence-corrected chi connectivity index (χ2v) is 3.05. The van der Waals surface area contributed by atoms with Crippen LogP contribution >= 0.6 is 0 Å². The Bertz CT molecular complexity index is 271. The number of nitrogens with zero attached hydrogens (tertiary/aromatic N) is 2. The van der Waals surface area contributed by atoms with E-state index in [1.807, 2.05) is 6.92 Å². The van der Waals surface area contributed by atoms with Crippen molar-refractivity contribution >= 4 is 5.91 Å². The smallest absolute Gasteiger partial charge is 0.237 e. The molecule has 0 aromatic carbocycles. The zero-order chi connectivity index (χ0) is 10.4. The molecule has 1 atom stereocenters. The molecule has 0 radical (unpaired) electrons. The van der Waals surface area contributed by atoms with E-state index in [0.29, 0.717) is 18.8 Å². The number of rotatable bonds is 5. The van der Waals surface area contributed by atoms with Crippen LogP contribution in [-0.2, 0) is 11.3 Å². The van der Waals surface area contributed by atoms with Crippen molar-refractivity contribution in [2.45, 2.75) is 32.4 Å². The molecule has 6 heteroatoms. The first-order valence-electron chi connectivity index (χ1n) is 4.61. The van der Waals surface area contributed by atoms with Gasteiger partial charge < -0.3 is 11.1 Å². The highest BCUT2D eigenvalue weighted by Gasteiger charge is 2.11. The SMILES string of the molecule is CCC[C@H](N)C(=O)NCc1ncn[nH]1. The minimum absolute atomic E-state index is 0.150. The standard InChI is InChI=1S/C8H15N5O/c1-2-3-6(9)8(14)10-4-7-11-5-12-13-7/h5-6H,2-4,9H2,1H3,(H,10,14)(H,11,12,13)/t6-/m0/s1. The van der Waals surface area contributed by atoms with Gasteiger partial charge in [-0.2, -0.15) is 5.10 Å². The van der Waals surface area contributed by atoms with Crippen molar-refractivity contribution in [1.82, 2.24) is 20.5 Å². The molecule has 0 aliphatic carbocycles. The van der Waals surface area contributed by atoms with E-state index < -0.39 is 6.04 Å². The Morgan fingerprint density at radius 3 is 3.14 bits per heavy atom. The van der Waals surface area contributed by atoms with Crippen LogP contribution in [0.3, 0.4) is 0 Å². The molecule has 14 heavy (non-hydrogen) atoms. The van der Waals surface area contributed by atoms with Crippen molar-refractivity contribution in [2.75, 3.05) is 0 Å². The topological polar surface area (TPSA) is 96.7 Å². The summed E-state index contributed by atoms with van der Waals surface area (Å²) in [6.45, 7) is 2.33. The maximum Gasteiger partial charge on any atom is 0.237 e. The van der Waals surface area contributed by atoms with E-state index in [9.17, 15) is 4.79 Å². The van der Waals surface area contributed by atoms with Gasteiger partial charge in [-0.3, -0.25) is 9.89 Å². The van der Waals surface area contributed by atoms with Crippen LogP contribution in [0, 0.1) is 0 Å². The van der Waals surface area contributed by atoms with Gasteiger partial charge in [-0.15, -0.1) is 0 Å². The first-order valence-corrected chi connectivity index (χ1v) is 4.61. The van der Waals surface area contributed by atoms with Crippen LogP contribution in [0.4, 0.5) is 0 Å². The maximum atomic E-state index is 11.3. The summed E-state index contributed by atoms with van der Waals surface area (Å²) in [7, 11) is 0. The number of hydrogen-bond donors (Lipinski definition) is 3. The molecule has 0 saturated carbocycles. The van der Waals surface area contributed by atoms with E-state index in [2.05, 4.69) is 20.5 Å². The molecular weight excluding hydrogens is 182 g/mol. The van der Waals surface area contributed by atoms with E-state index in [1.165, 1.54) is 6.33 Å². The number of H-pyrrole nitrogens is 1. The third-order valence-corrected chi connectivity index (χ3v) is 1.83. The second-order valence-electron chi connectivity index (χ2n) is 3.05. The highest BCUT2D eigenvalue weighted by atomic mass is 16.2. The highest BCUT2D eigenvalue weighted by molar-refractivity contribution is 5.81. The van der Waals surface area contributed by atoms with E-state index in [-0.39, 0.29) is 5.91 Å². The molecule has 78 valence electrons. The van der Waals surface area contributed by atoms with Gasteiger partial charge in [0.1, 0.15) is 12.2 Å². The quantitative estimate of drug-likeness (QED) is 0.595. The summed E-state index contributed by atoms with van der Waals surface area (Å²) < 4.78 is 0. The van der Waals surface area contributed by atoms with Gasteiger partial charge in [-0.1, -0.05) is 13.3 Å². The molecule has 1 aromatic rings. The van der Waals surface area contributed by atoms with Crippen LogP contribution in [0.25, 0.3) is 0 Å². The van der Waals surface area contributed by atoms with Crippen LogP contribution in [0.2, 0.25) is 0 Å². The first kappa shape index (κ1) is 10.6. The summed E-state index contributed by atoms with van der Waals surface area (Å²) in [4.78, 5) is 15.2. The third-order valence-electron chi connectivity index (χ3n) is 1.83. The number of hydrogen-bond acceptors (Lipinski definition) is 4. The van der Waals surface area contributed by atoms with Gasteiger partial charge in [0.05, 0.1) is 12.6 Å². The number of aromatic nitrogens is 3. The Hall–Kier alpha value is -1.43. The monoisotopic (exact) mass is 197 g/mol. The predicted octanol–water partition coefficient (Wildman–Crippen LogP) is -0.452. The fraction of sp³-hybridized carbons (Fsp3) is 0.625. The Morgan fingerprint density at radius 2 is 2.57 bits per heavy atom. The van der Waals surface area contributed by atoms with Crippen molar-refractivity contribution in [3.63, 3.8) is 0 Å². The molecule has 0 fully saturated rings. The summed E-state index contributed by atoms with van der Waals surface area (Å²) in [5.74, 6) is 0.477. The molecule has 6 nitrogen and oxygen atoms in total. The van der Waals surface area contributed by atoms with Crippen molar-refractivity contribution in [3.05, 3.63) is 12.2 Å². The lowest BCUT2D eigenvalue weighted by Crippen LogP contribution is -2.40. The number of aromatic amines is 1. The first-order chi connectivity index (χ1) is 6.74. The molecule has 0 aliphatic rings. The Labute approximate surface area is 82.3 Å². The fourth-order valence-electron chi connectivity index (χ4n) is 1.06. The summed E-state index contributed by atoms with van der Waals surface area (Å²) in [6, 6.07) is -0.428. The Kier molecular flexibility index (Phi) is 4.06. The average molecular weight is 197 g/mol. The van der Waals surface area contributed by atoms with Crippen molar-refractivity contribution < 1.29 is 4.79 Å². The molecule has 0 aliphatic heterocycles. The van der Waals surface area contributed by atoms with Gasteiger partial charge in [-0.05, 0) is 6.42 Å². The lowest BCUT2D eigenvalue weighted by molar-refractivity contribution is -0.122. The van der Waals surface area contributed by atoms with Gasteiger partial charge in [0, 0.05) is 0 Å². The number of nitrogens with one attached hydrogen (secondary N) is 2. The van der Waals surface area contributed by atoms with Crippen molar-refractivity contribution in [1.29, 1.82) is 0 Å². The molecule has 1 rings (SSSR count). The highest BCUT2D eigenvalue weighted by Crippen LogP contribution is 1.93. The minimum Gasteiger partial charge on any atom is -0.347 e. The Morgan fingerprint density at radius 1 is 1.79 bits per heavy atom. The number of nitrogens with two attached hydrogens (primary N) is 1. The summed E-state index contributed by atoms with van der Waals surface area (Å²) >= 11 is 0. The lowest BCUT2D eigenvalue weighted by atomic mass is 10.2. The molecule has 4 N–H and O–H groups in total. The average Bonchev–Trinajstić information content (AvgIpc) is 2.67. The number of amides is 1. The van der Waals surface area contributed by atoms with Crippen LogP contribution in [-0.4, -0.2) is 27.1 Å². The van der Waals surface area contributed by atoms with E-state index in [4.69, 9.17) is 5.73 Å². The zero-order valence-corrected chi connectivity index (χ0v) is 8.16. The van der Waals surface area contributed by atoms with Gasteiger partial charge in [0.15, 0.2) is 0 Å². The molecule has 0 saturated heterocycles. The van der Waals surface area contributed by atoms with E-state index >= 15 is 0 Å². The Balaban J connectivity index is 2.27. The summed E-state index contributed by atoms with van der Waals surface area (Å²) in [6.07, 6.45) is 2.99. The van der Waals surface area contributed by atoms with Crippen LogP contribution in [0.1, 0.15) is 25.6 Å². The molecule has 0 bridgehead atoms. The molecular formula is C8H15N5O. The number of carbonyl (C=O) groups excluding carboxylic acids is 1. The summed E-state index contributed by atoms with van der Waals surface area (Å²) in [5.41, 5.74) is 5.61. The lowest BCUT2D eigenvalue weighted by Gasteiger charge is -2.09. The zero-order valence-electron chi connectivity index (χ0n) is 8.16. The van der Waals surface area contributed by atoms with Gasteiger partial charge >= 0.3 is 0 Å².